The van der Waals surface area contributed by atoms with Crippen LogP contribution >= 0.6 is 0 Å². The van der Waals surface area contributed by atoms with E-state index in [2.05, 4.69) is 5.32 Å². The lowest BCUT2D eigenvalue weighted by molar-refractivity contribution is -0.159. The minimum absolute atomic E-state index is 0.0912. The second kappa shape index (κ2) is 10.8. The zero-order chi connectivity index (χ0) is 23.0. The molecule has 2 amide bonds. The van der Waals surface area contributed by atoms with E-state index in [-0.39, 0.29) is 13.0 Å². The Labute approximate surface area is 182 Å². The third-order valence-corrected chi connectivity index (χ3v) is 4.59. The van der Waals surface area contributed by atoms with E-state index in [9.17, 15) is 19.2 Å². The van der Waals surface area contributed by atoms with Crippen molar-refractivity contribution in [3.8, 4) is 0 Å². The molecule has 1 aliphatic heterocycles. The molecule has 0 aliphatic carbocycles. The first-order valence-corrected chi connectivity index (χ1v) is 10.2. The maximum absolute atomic E-state index is 12.8. The fourth-order valence-corrected chi connectivity index (χ4v) is 3.21. The maximum atomic E-state index is 12.8. The smallest absolute Gasteiger partial charge is 0.410 e. The monoisotopic (exact) mass is 434 g/mol. The molecule has 1 aliphatic rings. The van der Waals surface area contributed by atoms with E-state index in [1.807, 2.05) is 30.3 Å². The summed E-state index contributed by atoms with van der Waals surface area (Å²) in [4.78, 5) is 50.9. The first-order chi connectivity index (χ1) is 14.6. The highest BCUT2D eigenvalue weighted by Crippen LogP contribution is 2.20. The number of esters is 2. The summed E-state index contributed by atoms with van der Waals surface area (Å²) in [5.41, 5.74) is 0.103. The van der Waals surface area contributed by atoms with Crippen molar-refractivity contribution >= 4 is 23.9 Å². The van der Waals surface area contributed by atoms with Gasteiger partial charge in [0.05, 0.1) is 13.5 Å². The largest absolute Gasteiger partial charge is 0.467 e. The van der Waals surface area contributed by atoms with Crippen molar-refractivity contribution in [2.24, 2.45) is 0 Å². The molecule has 0 radical (unpaired) electrons. The minimum Gasteiger partial charge on any atom is -0.467 e. The summed E-state index contributed by atoms with van der Waals surface area (Å²) < 4.78 is 15.2. The zero-order valence-electron chi connectivity index (χ0n) is 18.4. The first-order valence-electron chi connectivity index (χ1n) is 10.2. The van der Waals surface area contributed by atoms with E-state index in [4.69, 9.17) is 14.2 Å². The average Bonchev–Trinajstić information content (AvgIpc) is 3.20. The number of methoxy groups -OCH3 is 1. The topological polar surface area (TPSA) is 111 Å². The summed E-state index contributed by atoms with van der Waals surface area (Å²) >= 11 is 0. The molecule has 0 spiro atoms. The molecule has 2 atom stereocenters. The molecule has 0 bridgehead atoms. The summed E-state index contributed by atoms with van der Waals surface area (Å²) in [5, 5.41) is 2.52. The molecule has 1 fully saturated rings. The van der Waals surface area contributed by atoms with Gasteiger partial charge in [-0.2, -0.15) is 0 Å². The van der Waals surface area contributed by atoms with Gasteiger partial charge in [0.15, 0.2) is 0 Å². The number of nitrogens with zero attached hydrogens (tertiary/aromatic N) is 1. The fourth-order valence-electron chi connectivity index (χ4n) is 3.21. The van der Waals surface area contributed by atoms with Gasteiger partial charge in [0.25, 0.3) is 0 Å². The van der Waals surface area contributed by atoms with Crippen LogP contribution in [0.4, 0.5) is 4.79 Å². The third kappa shape index (κ3) is 7.58. The van der Waals surface area contributed by atoms with E-state index in [1.54, 1.807) is 20.8 Å². The minimum atomic E-state index is -1.21. The van der Waals surface area contributed by atoms with Crippen LogP contribution in [-0.2, 0) is 35.2 Å². The Morgan fingerprint density at radius 2 is 1.84 bits per heavy atom. The number of carbonyl (C=O) groups is 4. The van der Waals surface area contributed by atoms with Crippen LogP contribution in [0.1, 0.15) is 45.6 Å². The third-order valence-electron chi connectivity index (χ3n) is 4.59. The van der Waals surface area contributed by atoms with Crippen LogP contribution in [0.2, 0.25) is 0 Å². The number of nitrogens with one attached hydrogen (secondary N) is 1. The molecule has 170 valence electrons. The molecule has 1 aromatic rings. The number of carbonyl (C=O) groups excluding carboxylic acids is 4. The lowest BCUT2D eigenvalue weighted by atomic mass is 10.1. The van der Waals surface area contributed by atoms with Crippen LogP contribution in [0.15, 0.2) is 30.3 Å². The van der Waals surface area contributed by atoms with Gasteiger partial charge in [-0.1, -0.05) is 30.3 Å². The summed E-state index contributed by atoms with van der Waals surface area (Å²) in [5.74, 6) is -1.96. The number of amides is 2. The first kappa shape index (κ1) is 24.2. The number of rotatable bonds is 7. The molecule has 0 saturated carbocycles. The zero-order valence-corrected chi connectivity index (χ0v) is 18.4. The number of benzene rings is 1. The van der Waals surface area contributed by atoms with Gasteiger partial charge >= 0.3 is 18.0 Å². The second-order valence-electron chi connectivity index (χ2n) is 8.27. The highest BCUT2D eigenvalue weighted by molar-refractivity contribution is 5.91. The number of hydrogen-bond acceptors (Lipinski definition) is 7. The van der Waals surface area contributed by atoms with Crippen molar-refractivity contribution in [3.05, 3.63) is 35.9 Å². The highest BCUT2D eigenvalue weighted by Gasteiger charge is 2.37. The van der Waals surface area contributed by atoms with E-state index >= 15 is 0 Å². The van der Waals surface area contributed by atoms with Gasteiger partial charge in [-0.25, -0.2) is 9.59 Å². The van der Waals surface area contributed by atoms with Crippen LogP contribution in [-0.4, -0.2) is 60.2 Å². The van der Waals surface area contributed by atoms with Gasteiger partial charge in [0.1, 0.15) is 24.3 Å². The van der Waals surface area contributed by atoms with E-state index in [0.717, 1.165) is 5.56 Å². The normalized spacial score (nSPS) is 16.9. The Hall–Kier alpha value is -3.10. The molecule has 1 N–H and O–H groups in total. The Kier molecular flexibility index (Phi) is 8.41. The molecule has 9 nitrogen and oxygen atoms in total. The molecular formula is C22H30N2O7. The molecule has 2 rings (SSSR count). The van der Waals surface area contributed by atoms with E-state index in [0.29, 0.717) is 19.4 Å². The fraction of sp³-hybridized carbons (Fsp3) is 0.545. The summed E-state index contributed by atoms with van der Waals surface area (Å²) in [6.45, 7) is 5.56. The van der Waals surface area contributed by atoms with Crippen molar-refractivity contribution in [2.45, 2.75) is 64.3 Å². The standard InChI is InChI=1S/C22H30N2O7/c1-22(2,3)31-18(25)13-16(20(27)29-4)23-19(26)17-11-8-12-24(17)21(28)30-14-15-9-6-5-7-10-15/h5-7,9-10,16-17H,8,11-14H2,1-4H3,(H,23,26)/t16-,17-/m1/s1. The Balaban J connectivity index is 1.98. The van der Waals surface area contributed by atoms with Crippen LogP contribution in [0.25, 0.3) is 0 Å². The highest BCUT2D eigenvalue weighted by atomic mass is 16.6. The molecule has 1 heterocycles. The van der Waals surface area contributed by atoms with Gasteiger partial charge in [-0.15, -0.1) is 0 Å². The van der Waals surface area contributed by atoms with Crippen LogP contribution in [0, 0.1) is 0 Å². The summed E-state index contributed by atoms with van der Waals surface area (Å²) in [6, 6.07) is 7.20. The van der Waals surface area contributed by atoms with Crippen molar-refractivity contribution < 1.29 is 33.4 Å². The lowest BCUT2D eigenvalue weighted by Gasteiger charge is -2.26. The van der Waals surface area contributed by atoms with Crippen molar-refractivity contribution in [2.75, 3.05) is 13.7 Å². The molecule has 1 aromatic carbocycles. The van der Waals surface area contributed by atoms with Crippen LogP contribution < -0.4 is 5.32 Å². The van der Waals surface area contributed by atoms with Gasteiger partial charge in [-0.3, -0.25) is 14.5 Å². The van der Waals surface area contributed by atoms with Crippen molar-refractivity contribution in [1.82, 2.24) is 10.2 Å². The average molecular weight is 434 g/mol. The molecule has 31 heavy (non-hydrogen) atoms. The van der Waals surface area contributed by atoms with Gasteiger partial charge in [0.2, 0.25) is 5.91 Å². The Morgan fingerprint density at radius 3 is 2.45 bits per heavy atom. The van der Waals surface area contributed by atoms with Crippen LogP contribution in [0.3, 0.4) is 0 Å². The van der Waals surface area contributed by atoms with Crippen LogP contribution in [0.5, 0.6) is 0 Å². The van der Waals surface area contributed by atoms with Gasteiger partial charge in [-0.05, 0) is 39.2 Å². The molecule has 1 saturated heterocycles. The van der Waals surface area contributed by atoms with Gasteiger partial charge in [0, 0.05) is 6.54 Å². The number of likely N-dealkylation sites (tertiary alicyclic amines) is 1. The van der Waals surface area contributed by atoms with E-state index in [1.165, 1.54) is 12.0 Å². The molecule has 0 unspecified atom stereocenters. The summed E-state index contributed by atoms with van der Waals surface area (Å²) in [6.07, 6.45) is 0.0595. The predicted octanol–water partition coefficient (Wildman–Crippen LogP) is 2.18. The SMILES string of the molecule is COC(=O)[C@@H](CC(=O)OC(C)(C)C)NC(=O)[C@H]1CCCN1C(=O)OCc1ccccc1. The lowest BCUT2D eigenvalue weighted by Crippen LogP contribution is -2.52. The maximum Gasteiger partial charge on any atom is 0.410 e. The summed E-state index contributed by atoms with van der Waals surface area (Å²) in [7, 11) is 1.17. The Morgan fingerprint density at radius 1 is 1.16 bits per heavy atom. The number of hydrogen-bond donors (Lipinski definition) is 1. The molecule has 9 heteroatoms. The number of ether oxygens (including phenoxy) is 3. The van der Waals surface area contributed by atoms with Crippen molar-refractivity contribution in [3.63, 3.8) is 0 Å². The second-order valence-corrected chi connectivity index (χ2v) is 8.27. The Bertz CT molecular complexity index is 789. The molecular weight excluding hydrogens is 404 g/mol. The quantitative estimate of drug-likeness (QED) is 0.517. The van der Waals surface area contributed by atoms with Gasteiger partial charge < -0.3 is 19.5 Å². The van der Waals surface area contributed by atoms with E-state index < -0.39 is 41.6 Å². The predicted molar refractivity (Wildman–Crippen MR) is 111 cm³/mol. The van der Waals surface area contributed by atoms with Crippen molar-refractivity contribution in [1.29, 1.82) is 0 Å². The molecule has 0 aromatic heterocycles.